The van der Waals surface area contributed by atoms with E-state index in [1.54, 1.807) is 12.1 Å². The van der Waals surface area contributed by atoms with Crippen LogP contribution in [0.2, 0.25) is 0 Å². The average molecular weight is 173 g/mol. The van der Waals surface area contributed by atoms with E-state index >= 15 is 0 Å². The van der Waals surface area contributed by atoms with Crippen LogP contribution in [0.5, 0.6) is 5.75 Å². The van der Waals surface area contributed by atoms with Crippen LogP contribution in [-0.2, 0) is 6.42 Å². The molecule has 1 aliphatic carbocycles. The highest BCUT2D eigenvalue weighted by Gasteiger charge is 2.50. The molecule has 1 aromatic rings. The van der Waals surface area contributed by atoms with Gasteiger partial charge in [0.15, 0.2) is 0 Å². The monoisotopic (exact) mass is 173 g/mol. The van der Waals surface area contributed by atoms with Crippen LogP contribution in [0.1, 0.15) is 18.4 Å². The van der Waals surface area contributed by atoms with E-state index in [4.69, 9.17) is 11.7 Å². The zero-order valence-electron chi connectivity index (χ0n) is 7.33. The van der Waals surface area contributed by atoms with Crippen molar-refractivity contribution >= 4 is 0 Å². The fourth-order valence-corrected chi connectivity index (χ4v) is 1.47. The number of phenols is 1. The Morgan fingerprint density at radius 1 is 1.31 bits per heavy atom. The summed E-state index contributed by atoms with van der Waals surface area (Å²) in [5.74, 6) is 0.288. The molecule has 1 saturated carbocycles. The summed E-state index contributed by atoms with van der Waals surface area (Å²) in [7, 11) is 0. The minimum atomic E-state index is -0.100. The maximum absolute atomic E-state index is 9.07. The van der Waals surface area contributed by atoms with Crippen LogP contribution in [0, 0.1) is 6.57 Å². The van der Waals surface area contributed by atoms with Gasteiger partial charge in [-0.05, 0) is 17.7 Å². The van der Waals surface area contributed by atoms with Crippen molar-refractivity contribution < 1.29 is 5.11 Å². The third kappa shape index (κ3) is 1.65. The highest BCUT2D eigenvalue weighted by Crippen LogP contribution is 2.42. The SMILES string of the molecule is [C-]#[N+]C1(Cc2ccc(O)cc2)CC1. The van der Waals surface area contributed by atoms with E-state index in [1.807, 2.05) is 12.1 Å². The third-order valence-corrected chi connectivity index (χ3v) is 2.53. The third-order valence-electron chi connectivity index (χ3n) is 2.53. The molecule has 0 aliphatic heterocycles. The van der Waals surface area contributed by atoms with Crippen molar-refractivity contribution in [2.45, 2.75) is 24.8 Å². The molecule has 0 atom stereocenters. The van der Waals surface area contributed by atoms with Crippen LogP contribution in [0.25, 0.3) is 4.85 Å². The second-order valence-corrected chi connectivity index (χ2v) is 3.68. The van der Waals surface area contributed by atoms with E-state index in [0.29, 0.717) is 0 Å². The molecule has 0 bridgehead atoms. The van der Waals surface area contributed by atoms with Crippen molar-refractivity contribution in [2.24, 2.45) is 0 Å². The molecule has 2 nitrogen and oxygen atoms in total. The molecule has 2 heteroatoms. The molecule has 0 saturated heterocycles. The van der Waals surface area contributed by atoms with E-state index < -0.39 is 0 Å². The van der Waals surface area contributed by atoms with Crippen LogP contribution in [0.15, 0.2) is 24.3 Å². The smallest absolute Gasteiger partial charge is 0.237 e. The van der Waals surface area contributed by atoms with Crippen LogP contribution in [-0.4, -0.2) is 10.6 Å². The first-order valence-corrected chi connectivity index (χ1v) is 4.41. The van der Waals surface area contributed by atoms with E-state index in [0.717, 1.165) is 24.8 Å². The second-order valence-electron chi connectivity index (χ2n) is 3.68. The lowest BCUT2D eigenvalue weighted by Crippen LogP contribution is -2.05. The predicted molar refractivity (Wildman–Crippen MR) is 50.4 cm³/mol. The van der Waals surface area contributed by atoms with Gasteiger partial charge in [0.25, 0.3) is 0 Å². The van der Waals surface area contributed by atoms with Crippen molar-refractivity contribution in [3.8, 4) is 5.75 Å². The summed E-state index contributed by atoms with van der Waals surface area (Å²) in [4.78, 5) is 3.64. The normalized spacial score (nSPS) is 17.8. The molecule has 0 heterocycles. The lowest BCUT2D eigenvalue weighted by atomic mass is 10.1. The molecule has 66 valence electrons. The number of nitrogens with zero attached hydrogens (tertiary/aromatic N) is 1. The van der Waals surface area contributed by atoms with Crippen molar-refractivity contribution in [2.75, 3.05) is 0 Å². The zero-order chi connectivity index (χ0) is 9.31. The quantitative estimate of drug-likeness (QED) is 0.682. The maximum Gasteiger partial charge on any atom is 0.237 e. The summed E-state index contributed by atoms with van der Waals surface area (Å²) in [6, 6.07) is 7.13. The largest absolute Gasteiger partial charge is 0.508 e. The molecular weight excluding hydrogens is 162 g/mol. The maximum atomic E-state index is 9.07. The van der Waals surface area contributed by atoms with Gasteiger partial charge in [-0.3, -0.25) is 0 Å². The molecule has 1 N–H and O–H groups in total. The summed E-state index contributed by atoms with van der Waals surface area (Å²) < 4.78 is 0. The van der Waals surface area contributed by atoms with Gasteiger partial charge in [-0.1, -0.05) is 12.1 Å². The Hall–Kier alpha value is -1.49. The highest BCUT2D eigenvalue weighted by atomic mass is 16.3. The molecule has 0 radical (unpaired) electrons. The number of benzene rings is 1. The standard InChI is InChI=1S/C11H11NO/c1-12-11(6-7-11)8-9-2-4-10(13)5-3-9/h2-5,13H,6-8H2. The lowest BCUT2D eigenvalue weighted by molar-refractivity contribution is 0.475. The Labute approximate surface area is 77.6 Å². The van der Waals surface area contributed by atoms with Gasteiger partial charge in [0.05, 0.1) is 6.42 Å². The Balaban J connectivity index is 2.11. The van der Waals surface area contributed by atoms with Gasteiger partial charge >= 0.3 is 0 Å². The van der Waals surface area contributed by atoms with Crippen molar-refractivity contribution in [1.29, 1.82) is 0 Å². The average Bonchev–Trinajstić information content (AvgIpc) is 2.90. The molecule has 0 amide bonds. The molecule has 1 fully saturated rings. The molecule has 2 rings (SSSR count). The number of phenolic OH excluding ortho intramolecular Hbond substituents is 1. The van der Waals surface area contributed by atoms with Crippen LogP contribution in [0.4, 0.5) is 0 Å². The first-order valence-electron chi connectivity index (χ1n) is 4.41. The van der Waals surface area contributed by atoms with Gasteiger partial charge in [-0.15, -0.1) is 0 Å². The van der Waals surface area contributed by atoms with Crippen LogP contribution in [0.3, 0.4) is 0 Å². The first kappa shape index (κ1) is 8.12. The van der Waals surface area contributed by atoms with Crippen molar-refractivity contribution in [3.05, 3.63) is 41.2 Å². The van der Waals surface area contributed by atoms with Crippen molar-refractivity contribution in [1.82, 2.24) is 0 Å². The van der Waals surface area contributed by atoms with E-state index in [1.165, 1.54) is 0 Å². The summed E-state index contributed by atoms with van der Waals surface area (Å²) >= 11 is 0. The Kier molecular flexibility index (Phi) is 1.73. The van der Waals surface area contributed by atoms with Crippen LogP contribution < -0.4 is 0 Å². The van der Waals surface area contributed by atoms with E-state index in [-0.39, 0.29) is 11.3 Å². The topological polar surface area (TPSA) is 24.6 Å². The van der Waals surface area contributed by atoms with Crippen molar-refractivity contribution in [3.63, 3.8) is 0 Å². The van der Waals surface area contributed by atoms with Gasteiger partial charge in [0, 0.05) is 12.8 Å². The summed E-state index contributed by atoms with van der Waals surface area (Å²) in [6.07, 6.45) is 2.88. The number of hydrogen-bond donors (Lipinski definition) is 1. The summed E-state index contributed by atoms with van der Waals surface area (Å²) in [5.41, 5.74) is 1.04. The van der Waals surface area contributed by atoms with Gasteiger partial charge in [0.2, 0.25) is 5.54 Å². The number of aromatic hydroxyl groups is 1. The number of hydrogen-bond acceptors (Lipinski definition) is 1. The Morgan fingerprint density at radius 2 is 1.92 bits per heavy atom. The fourth-order valence-electron chi connectivity index (χ4n) is 1.47. The summed E-state index contributed by atoms with van der Waals surface area (Å²) in [5, 5.41) is 9.07. The first-order chi connectivity index (χ1) is 6.24. The Bertz CT molecular complexity index is 343. The number of rotatable bonds is 2. The Morgan fingerprint density at radius 3 is 2.38 bits per heavy atom. The highest BCUT2D eigenvalue weighted by molar-refractivity contribution is 5.29. The molecular formula is C11H11NO. The molecule has 0 unspecified atom stereocenters. The molecule has 13 heavy (non-hydrogen) atoms. The molecule has 1 aromatic carbocycles. The molecule has 1 aliphatic rings. The van der Waals surface area contributed by atoms with Gasteiger partial charge in [-0.25, -0.2) is 6.57 Å². The minimum absolute atomic E-state index is 0.100. The van der Waals surface area contributed by atoms with E-state index in [2.05, 4.69) is 4.85 Å². The second kappa shape index (κ2) is 2.77. The molecule has 0 aromatic heterocycles. The van der Waals surface area contributed by atoms with Gasteiger partial charge in [-0.2, -0.15) is 0 Å². The minimum Gasteiger partial charge on any atom is -0.508 e. The predicted octanol–water partition coefficient (Wildman–Crippen LogP) is 2.39. The lowest BCUT2D eigenvalue weighted by Gasteiger charge is -2.02. The van der Waals surface area contributed by atoms with Gasteiger partial charge < -0.3 is 9.95 Å². The van der Waals surface area contributed by atoms with Gasteiger partial charge in [0.1, 0.15) is 5.75 Å². The molecule has 0 spiro atoms. The van der Waals surface area contributed by atoms with Crippen LogP contribution >= 0.6 is 0 Å². The summed E-state index contributed by atoms with van der Waals surface area (Å²) in [6.45, 7) is 7.04. The zero-order valence-corrected chi connectivity index (χ0v) is 7.33. The van der Waals surface area contributed by atoms with E-state index in [9.17, 15) is 0 Å². The fraction of sp³-hybridized carbons (Fsp3) is 0.364.